The molecule has 2 aromatic heterocycles. The molecule has 0 radical (unpaired) electrons. The largest absolute Gasteiger partial charge is 0.293 e. The Hall–Kier alpha value is -2.93. The highest BCUT2D eigenvalue weighted by molar-refractivity contribution is 5.41. The molecule has 0 unspecified atom stereocenters. The molecule has 27 heavy (non-hydrogen) atoms. The van der Waals surface area contributed by atoms with Crippen LogP contribution in [0, 0.1) is 5.82 Å². The zero-order valence-corrected chi connectivity index (χ0v) is 14.9. The van der Waals surface area contributed by atoms with Gasteiger partial charge in [0.05, 0.1) is 11.7 Å². The lowest BCUT2D eigenvalue weighted by Gasteiger charge is -2.35. The van der Waals surface area contributed by atoms with Crippen molar-refractivity contribution in [2.45, 2.75) is 31.8 Å². The molecule has 0 aliphatic carbocycles. The SMILES string of the molecule is Fc1ccc(CN2CCCC[C@H]2c2ccnc(Nc3ncccn3)n2)cc1. The summed E-state index contributed by atoms with van der Waals surface area (Å²) in [5.41, 5.74) is 2.08. The lowest BCUT2D eigenvalue weighted by Crippen LogP contribution is -2.33. The van der Waals surface area contributed by atoms with Gasteiger partial charge in [0.25, 0.3) is 0 Å². The quantitative estimate of drug-likeness (QED) is 0.741. The molecule has 0 saturated carbocycles. The summed E-state index contributed by atoms with van der Waals surface area (Å²) in [5.74, 6) is 0.760. The summed E-state index contributed by atoms with van der Waals surface area (Å²) in [7, 11) is 0. The first kappa shape index (κ1) is 17.5. The Labute approximate surface area is 157 Å². The number of benzene rings is 1. The van der Waals surface area contributed by atoms with Gasteiger partial charge in [0, 0.05) is 25.1 Å². The van der Waals surface area contributed by atoms with Gasteiger partial charge >= 0.3 is 0 Å². The van der Waals surface area contributed by atoms with Crippen LogP contribution in [0.15, 0.2) is 55.0 Å². The minimum Gasteiger partial charge on any atom is -0.293 e. The Morgan fingerprint density at radius 1 is 0.963 bits per heavy atom. The fourth-order valence-electron chi connectivity index (χ4n) is 3.42. The van der Waals surface area contributed by atoms with Crippen molar-refractivity contribution in [2.24, 2.45) is 0 Å². The van der Waals surface area contributed by atoms with Crippen molar-refractivity contribution in [3.8, 4) is 0 Å². The maximum Gasteiger partial charge on any atom is 0.229 e. The predicted molar refractivity (Wildman–Crippen MR) is 101 cm³/mol. The Bertz CT molecular complexity index is 871. The topological polar surface area (TPSA) is 66.8 Å². The normalized spacial score (nSPS) is 17.6. The van der Waals surface area contributed by atoms with E-state index in [0.717, 1.165) is 37.2 Å². The molecular formula is C20H21FN6. The molecular weight excluding hydrogens is 343 g/mol. The van der Waals surface area contributed by atoms with Gasteiger partial charge in [-0.15, -0.1) is 0 Å². The number of anilines is 2. The maximum absolute atomic E-state index is 13.2. The van der Waals surface area contributed by atoms with Crippen LogP contribution in [0.1, 0.15) is 36.6 Å². The van der Waals surface area contributed by atoms with Gasteiger partial charge in [0.15, 0.2) is 0 Å². The summed E-state index contributed by atoms with van der Waals surface area (Å²) in [6.45, 7) is 1.77. The number of nitrogens with zero attached hydrogens (tertiary/aromatic N) is 5. The smallest absolute Gasteiger partial charge is 0.229 e. The maximum atomic E-state index is 13.2. The van der Waals surface area contributed by atoms with Crippen molar-refractivity contribution in [1.29, 1.82) is 0 Å². The van der Waals surface area contributed by atoms with Gasteiger partial charge < -0.3 is 0 Å². The first-order chi connectivity index (χ1) is 13.3. The monoisotopic (exact) mass is 364 g/mol. The number of aromatic nitrogens is 4. The first-order valence-corrected chi connectivity index (χ1v) is 9.13. The second-order valence-electron chi connectivity index (χ2n) is 6.61. The van der Waals surface area contributed by atoms with Crippen molar-refractivity contribution < 1.29 is 4.39 Å². The fourth-order valence-corrected chi connectivity index (χ4v) is 3.42. The van der Waals surface area contributed by atoms with Crippen LogP contribution in [0.25, 0.3) is 0 Å². The van der Waals surface area contributed by atoms with E-state index in [9.17, 15) is 4.39 Å². The predicted octanol–water partition coefficient (Wildman–Crippen LogP) is 3.88. The minimum absolute atomic E-state index is 0.205. The van der Waals surface area contributed by atoms with Crippen molar-refractivity contribution in [1.82, 2.24) is 24.8 Å². The molecule has 1 saturated heterocycles. The molecule has 1 atom stereocenters. The molecule has 1 fully saturated rings. The minimum atomic E-state index is -0.205. The molecule has 0 spiro atoms. The molecule has 7 heteroatoms. The van der Waals surface area contributed by atoms with Crippen LogP contribution in [0.4, 0.5) is 16.3 Å². The number of rotatable bonds is 5. The average Bonchev–Trinajstić information content (AvgIpc) is 2.71. The lowest BCUT2D eigenvalue weighted by atomic mass is 9.98. The number of hydrogen-bond donors (Lipinski definition) is 1. The number of piperidine rings is 1. The van der Waals surface area contributed by atoms with Crippen LogP contribution in [0.2, 0.25) is 0 Å². The zero-order chi connectivity index (χ0) is 18.5. The van der Waals surface area contributed by atoms with Gasteiger partial charge in [-0.1, -0.05) is 18.6 Å². The van der Waals surface area contributed by atoms with Gasteiger partial charge in [0.2, 0.25) is 11.9 Å². The van der Waals surface area contributed by atoms with Crippen molar-refractivity contribution in [2.75, 3.05) is 11.9 Å². The number of halogens is 1. The van der Waals surface area contributed by atoms with Gasteiger partial charge in [-0.05, 0) is 49.2 Å². The van der Waals surface area contributed by atoms with E-state index in [1.165, 1.54) is 18.6 Å². The summed E-state index contributed by atoms with van der Waals surface area (Å²) in [6, 6.07) is 10.7. The van der Waals surface area contributed by atoms with Gasteiger partial charge in [-0.3, -0.25) is 10.2 Å². The second-order valence-corrected chi connectivity index (χ2v) is 6.61. The van der Waals surface area contributed by atoms with E-state index in [-0.39, 0.29) is 11.9 Å². The van der Waals surface area contributed by atoms with Gasteiger partial charge in [-0.2, -0.15) is 0 Å². The lowest BCUT2D eigenvalue weighted by molar-refractivity contribution is 0.137. The molecule has 3 heterocycles. The highest BCUT2D eigenvalue weighted by Gasteiger charge is 2.25. The highest BCUT2D eigenvalue weighted by Crippen LogP contribution is 2.31. The Morgan fingerprint density at radius 3 is 2.56 bits per heavy atom. The number of likely N-dealkylation sites (tertiary alicyclic amines) is 1. The molecule has 138 valence electrons. The summed E-state index contributed by atoms with van der Waals surface area (Å²) < 4.78 is 13.2. The molecule has 1 aliphatic rings. The molecule has 6 nitrogen and oxygen atoms in total. The third-order valence-electron chi connectivity index (χ3n) is 4.72. The third kappa shape index (κ3) is 4.43. The zero-order valence-electron chi connectivity index (χ0n) is 14.9. The molecule has 3 aromatic rings. The highest BCUT2D eigenvalue weighted by atomic mass is 19.1. The van der Waals surface area contributed by atoms with E-state index in [0.29, 0.717) is 11.9 Å². The Kier molecular flexibility index (Phi) is 5.29. The van der Waals surface area contributed by atoms with E-state index in [1.54, 1.807) is 24.7 Å². The van der Waals surface area contributed by atoms with Gasteiger partial charge in [-0.25, -0.2) is 24.3 Å². The van der Waals surface area contributed by atoms with Crippen LogP contribution in [0.5, 0.6) is 0 Å². The van der Waals surface area contributed by atoms with Crippen LogP contribution in [0.3, 0.4) is 0 Å². The molecule has 0 amide bonds. The Balaban J connectivity index is 1.52. The summed E-state index contributed by atoms with van der Waals surface area (Å²) in [6.07, 6.45) is 8.47. The van der Waals surface area contributed by atoms with E-state index in [4.69, 9.17) is 4.98 Å². The van der Waals surface area contributed by atoms with Crippen LogP contribution in [-0.4, -0.2) is 31.4 Å². The molecule has 1 aliphatic heterocycles. The molecule has 4 rings (SSSR count). The van der Waals surface area contributed by atoms with Crippen LogP contribution >= 0.6 is 0 Å². The molecule has 1 aromatic carbocycles. The number of nitrogens with one attached hydrogen (secondary N) is 1. The average molecular weight is 364 g/mol. The molecule has 0 bridgehead atoms. The van der Waals surface area contributed by atoms with E-state index in [1.807, 2.05) is 18.2 Å². The number of hydrogen-bond acceptors (Lipinski definition) is 6. The fraction of sp³-hybridized carbons (Fsp3) is 0.300. The summed E-state index contributed by atoms with van der Waals surface area (Å²) >= 11 is 0. The standard InChI is InChI=1S/C20H21FN6/c21-16-7-5-15(6-8-16)14-27-13-2-1-4-18(27)17-9-12-24-20(25-17)26-19-22-10-3-11-23-19/h3,5-12,18H,1-2,4,13-14H2,(H,22,23,24,25,26)/t18-/m0/s1. The Morgan fingerprint density at radius 2 is 1.74 bits per heavy atom. The summed E-state index contributed by atoms with van der Waals surface area (Å²) in [5, 5.41) is 3.05. The molecule has 1 N–H and O–H groups in total. The van der Waals surface area contributed by atoms with Crippen LogP contribution in [-0.2, 0) is 6.54 Å². The van der Waals surface area contributed by atoms with Gasteiger partial charge in [0.1, 0.15) is 5.82 Å². The van der Waals surface area contributed by atoms with Crippen molar-refractivity contribution >= 4 is 11.9 Å². The summed E-state index contributed by atoms with van der Waals surface area (Å²) in [4.78, 5) is 19.7. The first-order valence-electron chi connectivity index (χ1n) is 9.13. The van der Waals surface area contributed by atoms with E-state index in [2.05, 4.69) is 25.2 Å². The third-order valence-corrected chi connectivity index (χ3v) is 4.72. The van der Waals surface area contributed by atoms with Crippen molar-refractivity contribution in [3.05, 3.63) is 72.1 Å². The van der Waals surface area contributed by atoms with Crippen molar-refractivity contribution in [3.63, 3.8) is 0 Å². The van der Waals surface area contributed by atoms with Crippen LogP contribution < -0.4 is 5.32 Å². The second kappa shape index (κ2) is 8.18. The van der Waals surface area contributed by atoms with E-state index >= 15 is 0 Å². The van der Waals surface area contributed by atoms with E-state index < -0.39 is 0 Å².